The van der Waals surface area contributed by atoms with Crippen molar-refractivity contribution in [3.05, 3.63) is 42.5 Å². The number of rotatable bonds is 7. The van der Waals surface area contributed by atoms with Gasteiger partial charge in [0.25, 0.3) is 0 Å². The summed E-state index contributed by atoms with van der Waals surface area (Å²) in [5.74, 6) is 0.0891. The molecule has 110 valence electrons. The van der Waals surface area contributed by atoms with Crippen LogP contribution in [0.1, 0.15) is 12.8 Å². The van der Waals surface area contributed by atoms with E-state index in [1.54, 1.807) is 0 Å². The molecule has 1 aliphatic carbocycles. The number of hydrogen-bond acceptors (Lipinski definition) is 3. The van der Waals surface area contributed by atoms with E-state index in [9.17, 15) is 4.79 Å². The molecule has 21 heavy (non-hydrogen) atoms. The molecule has 0 unspecified atom stereocenters. The quantitative estimate of drug-likeness (QED) is 0.850. The Bertz CT molecular complexity index is 631. The molecule has 0 aliphatic heterocycles. The summed E-state index contributed by atoms with van der Waals surface area (Å²) >= 11 is 0. The third-order valence-electron chi connectivity index (χ3n) is 3.79. The first-order valence-electron chi connectivity index (χ1n) is 7.30. The van der Waals surface area contributed by atoms with E-state index >= 15 is 0 Å². The summed E-state index contributed by atoms with van der Waals surface area (Å²) in [5, 5.41) is 11.2. The van der Waals surface area contributed by atoms with Crippen LogP contribution in [-0.4, -0.2) is 41.7 Å². The highest BCUT2D eigenvalue weighted by molar-refractivity contribution is 5.88. The summed E-state index contributed by atoms with van der Waals surface area (Å²) < 4.78 is 5.87. The van der Waals surface area contributed by atoms with Crippen LogP contribution in [0.4, 0.5) is 0 Å². The van der Waals surface area contributed by atoms with Gasteiger partial charge in [0.2, 0.25) is 0 Å². The third kappa shape index (κ3) is 3.52. The van der Waals surface area contributed by atoms with E-state index in [2.05, 4.69) is 12.1 Å². The molecule has 3 rings (SSSR count). The van der Waals surface area contributed by atoms with Crippen molar-refractivity contribution in [1.82, 2.24) is 4.90 Å². The summed E-state index contributed by atoms with van der Waals surface area (Å²) in [6.07, 6.45) is 2.20. The molecule has 0 saturated heterocycles. The van der Waals surface area contributed by atoms with Gasteiger partial charge < -0.3 is 9.84 Å². The molecule has 2 aromatic carbocycles. The van der Waals surface area contributed by atoms with Crippen LogP contribution >= 0.6 is 0 Å². The number of ether oxygens (including phenoxy) is 1. The lowest BCUT2D eigenvalue weighted by atomic mass is 10.1. The molecule has 0 spiro atoms. The molecule has 4 nitrogen and oxygen atoms in total. The lowest BCUT2D eigenvalue weighted by molar-refractivity contribution is -0.138. The van der Waals surface area contributed by atoms with E-state index in [4.69, 9.17) is 9.84 Å². The van der Waals surface area contributed by atoms with E-state index in [0.717, 1.165) is 29.4 Å². The third-order valence-corrected chi connectivity index (χ3v) is 3.79. The fourth-order valence-corrected chi connectivity index (χ4v) is 2.60. The monoisotopic (exact) mass is 285 g/mol. The minimum atomic E-state index is -0.771. The zero-order chi connectivity index (χ0) is 14.7. The average molecular weight is 285 g/mol. The van der Waals surface area contributed by atoms with Crippen LogP contribution in [0.2, 0.25) is 0 Å². The van der Waals surface area contributed by atoms with Gasteiger partial charge in [0.15, 0.2) is 0 Å². The molecule has 0 amide bonds. The lowest BCUT2D eigenvalue weighted by Crippen LogP contribution is -2.35. The van der Waals surface area contributed by atoms with Gasteiger partial charge in [-0.05, 0) is 24.3 Å². The second-order valence-corrected chi connectivity index (χ2v) is 5.42. The van der Waals surface area contributed by atoms with E-state index in [0.29, 0.717) is 19.2 Å². The Morgan fingerprint density at radius 1 is 1.19 bits per heavy atom. The number of carboxylic acid groups (broad SMARTS) is 1. The average Bonchev–Trinajstić information content (AvgIpc) is 3.31. The molecule has 2 aromatic rings. The Morgan fingerprint density at radius 3 is 2.71 bits per heavy atom. The summed E-state index contributed by atoms with van der Waals surface area (Å²) in [4.78, 5) is 12.9. The first kappa shape index (κ1) is 13.9. The second kappa shape index (κ2) is 6.14. The summed E-state index contributed by atoms with van der Waals surface area (Å²) in [7, 11) is 0. The number of carboxylic acids is 1. The summed E-state index contributed by atoms with van der Waals surface area (Å²) in [6.45, 7) is 1.27. The maximum Gasteiger partial charge on any atom is 0.317 e. The fourth-order valence-electron chi connectivity index (χ4n) is 2.60. The van der Waals surface area contributed by atoms with Gasteiger partial charge in [-0.1, -0.05) is 36.4 Å². The van der Waals surface area contributed by atoms with Crippen molar-refractivity contribution in [2.24, 2.45) is 0 Å². The molecule has 0 heterocycles. The predicted octanol–water partition coefficient (Wildman–Crippen LogP) is 2.77. The Morgan fingerprint density at radius 2 is 1.95 bits per heavy atom. The SMILES string of the molecule is O=C(O)CN(CCOc1cccc2ccccc12)C1CC1. The Labute approximate surface area is 123 Å². The maximum absolute atomic E-state index is 10.9. The number of hydrogen-bond donors (Lipinski definition) is 1. The van der Waals surface area contributed by atoms with Gasteiger partial charge in [0.1, 0.15) is 12.4 Å². The van der Waals surface area contributed by atoms with E-state index in [-0.39, 0.29) is 6.54 Å². The van der Waals surface area contributed by atoms with Gasteiger partial charge in [0.05, 0.1) is 6.54 Å². The van der Waals surface area contributed by atoms with Gasteiger partial charge in [0, 0.05) is 18.0 Å². The summed E-state index contributed by atoms with van der Waals surface area (Å²) in [6, 6.07) is 14.5. The predicted molar refractivity (Wildman–Crippen MR) is 81.7 cm³/mol. The highest BCUT2D eigenvalue weighted by atomic mass is 16.5. The molecule has 1 fully saturated rings. The Hall–Kier alpha value is -2.07. The van der Waals surface area contributed by atoms with Crippen LogP contribution in [0.25, 0.3) is 10.8 Å². The fraction of sp³-hybridized carbons (Fsp3) is 0.353. The summed E-state index contributed by atoms with van der Waals surface area (Å²) in [5.41, 5.74) is 0. The van der Waals surface area contributed by atoms with Crippen molar-refractivity contribution >= 4 is 16.7 Å². The molecule has 1 aliphatic rings. The van der Waals surface area contributed by atoms with E-state index in [1.807, 2.05) is 35.2 Å². The standard InChI is InChI=1S/C17H19NO3/c19-17(20)12-18(14-8-9-14)10-11-21-16-7-3-5-13-4-1-2-6-15(13)16/h1-7,14H,8-12H2,(H,19,20). The van der Waals surface area contributed by atoms with Crippen LogP contribution in [-0.2, 0) is 4.79 Å². The molecular weight excluding hydrogens is 266 g/mol. The van der Waals surface area contributed by atoms with Crippen LogP contribution in [0, 0.1) is 0 Å². The Kier molecular flexibility index (Phi) is 4.06. The normalized spacial score (nSPS) is 14.5. The van der Waals surface area contributed by atoms with Crippen molar-refractivity contribution < 1.29 is 14.6 Å². The molecule has 0 radical (unpaired) electrons. The zero-order valence-electron chi connectivity index (χ0n) is 11.9. The molecule has 0 bridgehead atoms. The van der Waals surface area contributed by atoms with Crippen molar-refractivity contribution in [3.8, 4) is 5.75 Å². The van der Waals surface area contributed by atoms with Gasteiger partial charge >= 0.3 is 5.97 Å². The molecular formula is C17H19NO3. The number of benzene rings is 2. The first-order valence-corrected chi connectivity index (χ1v) is 7.30. The van der Waals surface area contributed by atoms with Crippen LogP contribution < -0.4 is 4.74 Å². The van der Waals surface area contributed by atoms with Crippen LogP contribution in [0.3, 0.4) is 0 Å². The van der Waals surface area contributed by atoms with Gasteiger partial charge in [-0.25, -0.2) is 0 Å². The molecule has 1 N–H and O–H groups in total. The van der Waals surface area contributed by atoms with Crippen molar-refractivity contribution in [2.45, 2.75) is 18.9 Å². The van der Waals surface area contributed by atoms with Crippen LogP contribution in [0.15, 0.2) is 42.5 Å². The van der Waals surface area contributed by atoms with Crippen LogP contribution in [0.5, 0.6) is 5.75 Å². The van der Waals surface area contributed by atoms with Crippen molar-refractivity contribution in [3.63, 3.8) is 0 Å². The minimum Gasteiger partial charge on any atom is -0.492 e. The maximum atomic E-state index is 10.9. The number of carbonyl (C=O) groups is 1. The Balaban J connectivity index is 1.62. The minimum absolute atomic E-state index is 0.101. The van der Waals surface area contributed by atoms with Crippen molar-refractivity contribution in [2.75, 3.05) is 19.7 Å². The lowest BCUT2D eigenvalue weighted by Gasteiger charge is -2.20. The largest absolute Gasteiger partial charge is 0.492 e. The topological polar surface area (TPSA) is 49.8 Å². The smallest absolute Gasteiger partial charge is 0.317 e. The highest BCUT2D eigenvalue weighted by Crippen LogP contribution is 2.27. The molecule has 0 aromatic heterocycles. The first-order chi connectivity index (χ1) is 10.2. The number of aliphatic carboxylic acids is 1. The second-order valence-electron chi connectivity index (χ2n) is 5.42. The van der Waals surface area contributed by atoms with Gasteiger partial charge in [-0.3, -0.25) is 9.69 Å². The zero-order valence-corrected chi connectivity index (χ0v) is 11.9. The van der Waals surface area contributed by atoms with Crippen molar-refractivity contribution in [1.29, 1.82) is 0 Å². The van der Waals surface area contributed by atoms with E-state index in [1.165, 1.54) is 0 Å². The highest BCUT2D eigenvalue weighted by Gasteiger charge is 2.29. The molecule has 1 saturated carbocycles. The number of fused-ring (bicyclic) bond motifs is 1. The van der Waals surface area contributed by atoms with E-state index < -0.39 is 5.97 Å². The van der Waals surface area contributed by atoms with Gasteiger partial charge in [-0.2, -0.15) is 0 Å². The molecule has 4 heteroatoms. The molecule has 0 atom stereocenters. The van der Waals surface area contributed by atoms with Gasteiger partial charge in [-0.15, -0.1) is 0 Å². The number of nitrogens with zero attached hydrogens (tertiary/aromatic N) is 1.